The maximum atomic E-state index is 12.7. The molecular weight excluding hydrogens is 360 g/mol. The summed E-state index contributed by atoms with van der Waals surface area (Å²) in [5, 5.41) is 0.451. The van der Waals surface area contributed by atoms with Gasteiger partial charge in [0.1, 0.15) is 0 Å². The molecule has 7 heteroatoms. The summed E-state index contributed by atoms with van der Waals surface area (Å²) in [6.07, 6.45) is 0. The lowest BCUT2D eigenvalue weighted by atomic mass is 9.87. The summed E-state index contributed by atoms with van der Waals surface area (Å²) >= 11 is 5.91. The van der Waals surface area contributed by atoms with Crippen molar-refractivity contribution in [1.82, 2.24) is 0 Å². The molecule has 0 aliphatic carbocycles. The lowest BCUT2D eigenvalue weighted by molar-refractivity contribution is -0.116. The fraction of sp³-hybridized carbons (Fsp3) is 0.278. The van der Waals surface area contributed by atoms with E-state index in [0.717, 1.165) is 11.3 Å². The molecule has 0 radical (unpaired) electrons. The van der Waals surface area contributed by atoms with E-state index < -0.39 is 10.0 Å². The van der Waals surface area contributed by atoms with Gasteiger partial charge in [0.25, 0.3) is 10.0 Å². The first-order chi connectivity index (χ1) is 11.6. The maximum absolute atomic E-state index is 12.7. The topological polar surface area (TPSA) is 66.5 Å². The van der Waals surface area contributed by atoms with E-state index in [4.69, 9.17) is 11.6 Å². The molecule has 1 heterocycles. The number of carbonyl (C=O) groups is 1. The molecule has 1 N–H and O–H groups in total. The molecule has 3 rings (SSSR count). The van der Waals surface area contributed by atoms with Crippen molar-refractivity contribution in [2.75, 3.05) is 16.2 Å². The number of sulfonamides is 1. The molecule has 25 heavy (non-hydrogen) atoms. The lowest BCUT2D eigenvalue weighted by Crippen LogP contribution is -2.31. The number of carbonyl (C=O) groups excluding carboxylic acids is 1. The number of rotatable bonds is 3. The smallest absolute Gasteiger partial charge is 0.261 e. The number of benzene rings is 2. The highest BCUT2D eigenvalue weighted by atomic mass is 35.5. The van der Waals surface area contributed by atoms with E-state index >= 15 is 0 Å². The molecule has 0 fully saturated rings. The van der Waals surface area contributed by atoms with Crippen LogP contribution < -0.4 is 9.62 Å². The van der Waals surface area contributed by atoms with Gasteiger partial charge in [-0.2, -0.15) is 0 Å². The van der Waals surface area contributed by atoms with Gasteiger partial charge in [-0.3, -0.25) is 9.52 Å². The van der Waals surface area contributed by atoms with Gasteiger partial charge in [0, 0.05) is 29.6 Å². The second kappa shape index (κ2) is 6.04. The molecule has 2 aromatic carbocycles. The predicted molar refractivity (Wildman–Crippen MR) is 99.8 cm³/mol. The van der Waals surface area contributed by atoms with Crippen molar-refractivity contribution in [2.45, 2.75) is 31.1 Å². The monoisotopic (exact) mass is 378 g/mol. The lowest BCUT2D eigenvalue weighted by Gasteiger charge is -2.19. The molecule has 0 aromatic heterocycles. The second-order valence-corrected chi connectivity index (χ2v) is 8.90. The fourth-order valence-electron chi connectivity index (χ4n) is 3.07. The average molecular weight is 379 g/mol. The Bertz CT molecular complexity index is 955. The molecule has 0 bridgehead atoms. The number of fused-ring (bicyclic) bond motifs is 1. The van der Waals surface area contributed by atoms with Crippen LogP contribution >= 0.6 is 11.6 Å². The largest absolute Gasteiger partial charge is 0.311 e. The number of halogens is 1. The van der Waals surface area contributed by atoms with Gasteiger partial charge in [0.05, 0.1) is 10.6 Å². The first-order valence-corrected chi connectivity index (χ1v) is 9.67. The van der Waals surface area contributed by atoms with Gasteiger partial charge in [0.15, 0.2) is 0 Å². The molecule has 0 unspecified atom stereocenters. The first-order valence-electron chi connectivity index (χ1n) is 7.81. The van der Waals surface area contributed by atoms with Gasteiger partial charge in [-0.15, -0.1) is 0 Å². The summed E-state index contributed by atoms with van der Waals surface area (Å²) in [5.41, 5.74) is 1.69. The molecule has 1 aliphatic rings. The Morgan fingerprint density at radius 1 is 1.20 bits per heavy atom. The van der Waals surface area contributed by atoms with Crippen LogP contribution in [0.4, 0.5) is 11.4 Å². The number of hydrogen-bond donors (Lipinski definition) is 1. The third-order valence-electron chi connectivity index (χ3n) is 4.31. The Kier molecular flexibility index (Phi) is 4.29. The van der Waals surface area contributed by atoms with Gasteiger partial charge in [-0.05, 0) is 42.0 Å². The van der Waals surface area contributed by atoms with Gasteiger partial charge in [-0.25, -0.2) is 8.42 Å². The molecule has 0 spiro atoms. The third-order valence-corrected chi connectivity index (χ3v) is 5.92. The number of anilines is 2. The third kappa shape index (κ3) is 3.37. The highest BCUT2D eigenvalue weighted by Crippen LogP contribution is 2.41. The Morgan fingerprint density at radius 2 is 1.92 bits per heavy atom. The van der Waals surface area contributed by atoms with Crippen LogP contribution in [0, 0.1) is 0 Å². The van der Waals surface area contributed by atoms with Gasteiger partial charge in [0.2, 0.25) is 5.91 Å². The van der Waals surface area contributed by atoms with Crippen LogP contribution in [0.25, 0.3) is 0 Å². The standard InChI is InChI=1S/C18H19ClN2O3S/c1-12(22)21-11-18(2,3)16-10-15(7-8-17(16)21)25(23,24)20-14-6-4-5-13(19)9-14/h4-10,20H,11H2,1-3H3. The minimum atomic E-state index is -3.75. The van der Waals surface area contributed by atoms with Crippen LogP contribution in [0.1, 0.15) is 26.3 Å². The zero-order valence-corrected chi connectivity index (χ0v) is 15.8. The molecule has 132 valence electrons. The number of hydrogen-bond acceptors (Lipinski definition) is 3. The van der Waals surface area contributed by atoms with E-state index in [0.29, 0.717) is 17.3 Å². The van der Waals surface area contributed by atoms with E-state index in [2.05, 4.69) is 4.72 Å². The Hall–Kier alpha value is -2.05. The highest BCUT2D eigenvalue weighted by molar-refractivity contribution is 7.92. The molecule has 1 amide bonds. The van der Waals surface area contributed by atoms with Gasteiger partial charge in [-0.1, -0.05) is 31.5 Å². The van der Waals surface area contributed by atoms with E-state index in [1.165, 1.54) is 13.0 Å². The minimum Gasteiger partial charge on any atom is -0.311 e. The Labute approximate surface area is 152 Å². The molecule has 0 saturated heterocycles. The van der Waals surface area contributed by atoms with Gasteiger partial charge >= 0.3 is 0 Å². The van der Waals surface area contributed by atoms with Crippen molar-refractivity contribution in [3.8, 4) is 0 Å². The molecule has 5 nitrogen and oxygen atoms in total. The van der Waals surface area contributed by atoms with E-state index in [-0.39, 0.29) is 16.2 Å². The first kappa shape index (κ1) is 17.8. The van der Waals surface area contributed by atoms with Crippen molar-refractivity contribution >= 4 is 38.9 Å². The summed E-state index contributed by atoms with van der Waals surface area (Å²) < 4.78 is 27.9. The van der Waals surface area contributed by atoms with Crippen LogP contribution in [0.15, 0.2) is 47.4 Å². The van der Waals surface area contributed by atoms with Crippen molar-refractivity contribution in [3.63, 3.8) is 0 Å². The summed E-state index contributed by atoms with van der Waals surface area (Å²) in [4.78, 5) is 13.7. The van der Waals surface area contributed by atoms with E-state index in [1.54, 1.807) is 41.3 Å². The van der Waals surface area contributed by atoms with E-state index in [1.807, 2.05) is 13.8 Å². The van der Waals surface area contributed by atoms with Crippen molar-refractivity contribution in [3.05, 3.63) is 53.1 Å². The highest BCUT2D eigenvalue weighted by Gasteiger charge is 2.37. The molecule has 1 aliphatic heterocycles. The molecule has 0 saturated carbocycles. The van der Waals surface area contributed by atoms with Crippen molar-refractivity contribution in [2.24, 2.45) is 0 Å². The zero-order chi connectivity index (χ0) is 18.4. The predicted octanol–water partition coefficient (Wildman–Crippen LogP) is 3.78. The van der Waals surface area contributed by atoms with Crippen LogP contribution in [0.2, 0.25) is 5.02 Å². The minimum absolute atomic E-state index is 0.0560. The van der Waals surface area contributed by atoms with E-state index in [9.17, 15) is 13.2 Å². The quantitative estimate of drug-likeness (QED) is 0.883. The maximum Gasteiger partial charge on any atom is 0.261 e. The van der Waals surface area contributed by atoms with Crippen LogP contribution in [0.3, 0.4) is 0 Å². The Morgan fingerprint density at radius 3 is 2.56 bits per heavy atom. The average Bonchev–Trinajstić information content (AvgIpc) is 2.78. The number of nitrogens with zero attached hydrogens (tertiary/aromatic N) is 1. The number of nitrogens with one attached hydrogen (secondary N) is 1. The second-order valence-electron chi connectivity index (χ2n) is 6.78. The molecular formula is C18H19ClN2O3S. The van der Waals surface area contributed by atoms with Crippen molar-refractivity contribution < 1.29 is 13.2 Å². The van der Waals surface area contributed by atoms with Crippen LogP contribution in [-0.2, 0) is 20.2 Å². The molecule has 2 aromatic rings. The van der Waals surface area contributed by atoms with Crippen LogP contribution in [-0.4, -0.2) is 20.9 Å². The molecule has 0 atom stereocenters. The van der Waals surface area contributed by atoms with Gasteiger partial charge < -0.3 is 4.90 Å². The van der Waals surface area contributed by atoms with Crippen LogP contribution in [0.5, 0.6) is 0 Å². The summed E-state index contributed by atoms with van der Waals surface area (Å²) in [5.74, 6) is -0.0560. The normalized spacial score (nSPS) is 15.8. The Balaban J connectivity index is 2.00. The summed E-state index contributed by atoms with van der Waals surface area (Å²) in [7, 11) is -3.75. The zero-order valence-electron chi connectivity index (χ0n) is 14.2. The summed E-state index contributed by atoms with van der Waals surface area (Å²) in [6, 6.07) is 11.4. The fourth-order valence-corrected chi connectivity index (χ4v) is 4.34. The number of amides is 1. The summed E-state index contributed by atoms with van der Waals surface area (Å²) in [6.45, 7) is 6.03. The van der Waals surface area contributed by atoms with Crippen molar-refractivity contribution in [1.29, 1.82) is 0 Å². The SMILES string of the molecule is CC(=O)N1CC(C)(C)c2cc(S(=O)(=O)Nc3cccc(Cl)c3)ccc21.